The van der Waals surface area contributed by atoms with Crippen LogP contribution < -0.4 is 9.47 Å². The fourth-order valence-electron chi connectivity index (χ4n) is 1.76. The third kappa shape index (κ3) is 2.11. The van der Waals surface area contributed by atoms with Gasteiger partial charge in [0.25, 0.3) is 0 Å². The zero-order valence-corrected chi connectivity index (χ0v) is 9.81. The van der Waals surface area contributed by atoms with Crippen LogP contribution in [0.15, 0.2) is 29.8 Å². The van der Waals surface area contributed by atoms with Crippen LogP contribution >= 0.6 is 11.3 Å². The highest BCUT2D eigenvalue weighted by Crippen LogP contribution is 2.34. The molecule has 0 saturated carbocycles. The number of hydrogen-bond acceptors (Lipinski definition) is 5. The first kappa shape index (κ1) is 10.6. The third-order valence-electron chi connectivity index (χ3n) is 2.63. The van der Waals surface area contributed by atoms with E-state index in [9.17, 15) is 5.11 Å². The Hall–Kier alpha value is -1.59. The fraction of sp³-hybridized carbons (Fsp3) is 0.250. The summed E-state index contributed by atoms with van der Waals surface area (Å²) in [5.41, 5.74) is 0.824. The first-order chi connectivity index (χ1) is 8.33. The van der Waals surface area contributed by atoms with Crippen molar-refractivity contribution in [3.63, 3.8) is 0 Å². The van der Waals surface area contributed by atoms with Crippen LogP contribution in [0.4, 0.5) is 0 Å². The molecule has 0 radical (unpaired) electrons. The minimum Gasteiger partial charge on any atom is -0.454 e. The Kier molecular flexibility index (Phi) is 2.70. The number of rotatable bonds is 3. The van der Waals surface area contributed by atoms with E-state index in [0.717, 1.165) is 16.3 Å². The molecule has 1 unspecified atom stereocenters. The molecule has 4 nitrogen and oxygen atoms in total. The molecule has 0 bridgehead atoms. The Morgan fingerprint density at radius 2 is 2.24 bits per heavy atom. The van der Waals surface area contributed by atoms with Crippen LogP contribution in [0.2, 0.25) is 0 Å². The summed E-state index contributed by atoms with van der Waals surface area (Å²) in [7, 11) is 0. The number of thiazole rings is 1. The Morgan fingerprint density at radius 3 is 3.06 bits per heavy atom. The van der Waals surface area contributed by atoms with Gasteiger partial charge in [0.2, 0.25) is 6.79 Å². The first-order valence-corrected chi connectivity index (χ1v) is 6.17. The lowest BCUT2D eigenvalue weighted by Crippen LogP contribution is -2.01. The lowest BCUT2D eigenvalue weighted by atomic mass is 10.1. The Labute approximate surface area is 102 Å². The van der Waals surface area contributed by atoms with E-state index >= 15 is 0 Å². The van der Waals surface area contributed by atoms with Crippen molar-refractivity contribution in [1.29, 1.82) is 0 Å². The van der Waals surface area contributed by atoms with Crippen LogP contribution in [0.3, 0.4) is 0 Å². The molecule has 1 aromatic heterocycles. The van der Waals surface area contributed by atoms with Crippen molar-refractivity contribution in [3.05, 3.63) is 40.3 Å². The van der Waals surface area contributed by atoms with Gasteiger partial charge in [-0.3, -0.25) is 0 Å². The quantitative estimate of drug-likeness (QED) is 0.905. The van der Waals surface area contributed by atoms with Gasteiger partial charge in [0.15, 0.2) is 11.5 Å². The molecule has 0 fully saturated rings. The molecular formula is C12H11NO3S. The molecule has 0 amide bonds. The molecule has 2 aromatic rings. The lowest BCUT2D eigenvalue weighted by Gasteiger charge is -2.09. The van der Waals surface area contributed by atoms with Gasteiger partial charge >= 0.3 is 0 Å². The maximum Gasteiger partial charge on any atom is 0.231 e. The number of benzene rings is 1. The van der Waals surface area contributed by atoms with Crippen molar-refractivity contribution in [2.75, 3.05) is 6.79 Å². The molecule has 3 rings (SSSR count). The normalized spacial score (nSPS) is 14.9. The monoisotopic (exact) mass is 249 g/mol. The molecule has 17 heavy (non-hydrogen) atoms. The summed E-state index contributed by atoms with van der Waals surface area (Å²) in [6, 6.07) is 5.50. The summed E-state index contributed by atoms with van der Waals surface area (Å²) >= 11 is 1.54. The summed E-state index contributed by atoms with van der Waals surface area (Å²) in [4.78, 5) is 4.16. The highest BCUT2D eigenvalue weighted by atomic mass is 32.1. The van der Waals surface area contributed by atoms with Gasteiger partial charge in [0.1, 0.15) is 0 Å². The topological polar surface area (TPSA) is 51.6 Å². The van der Waals surface area contributed by atoms with Crippen molar-refractivity contribution in [1.82, 2.24) is 4.98 Å². The van der Waals surface area contributed by atoms with Crippen LogP contribution in [0.1, 0.15) is 16.7 Å². The van der Waals surface area contributed by atoms with Crippen LogP contribution in [0, 0.1) is 0 Å². The van der Waals surface area contributed by atoms with E-state index < -0.39 is 6.10 Å². The van der Waals surface area contributed by atoms with Crippen LogP contribution in [0.5, 0.6) is 11.5 Å². The Bertz CT molecular complexity index is 512. The number of aliphatic hydroxyl groups is 1. The predicted octanol–water partition coefficient (Wildman–Crippen LogP) is 2.15. The number of ether oxygens (including phenoxy) is 2. The molecule has 5 heteroatoms. The largest absolute Gasteiger partial charge is 0.454 e. The van der Waals surface area contributed by atoms with Crippen molar-refractivity contribution in [3.8, 4) is 11.5 Å². The molecule has 88 valence electrons. The average Bonchev–Trinajstić information content (AvgIpc) is 2.97. The molecule has 1 N–H and O–H groups in total. The molecule has 0 saturated heterocycles. The van der Waals surface area contributed by atoms with Gasteiger partial charge in [-0.2, -0.15) is 0 Å². The summed E-state index contributed by atoms with van der Waals surface area (Å²) in [5, 5.41) is 12.9. The van der Waals surface area contributed by atoms with E-state index in [1.54, 1.807) is 17.5 Å². The Balaban J connectivity index is 1.79. The highest BCUT2D eigenvalue weighted by Gasteiger charge is 2.17. The van der Waals surface area contributed by atoms with Gasteiger partial charge in [-0.15, -0.1) is 11.3 Å². The molecular weight excluding hydrogens is 238 g/mol. The van der Waals surface area contributed by atoms with Gasteiger partial charge in [-0.25, -0.2) is 4.98 Å². The molecule has 2 heterocycles. The fourth-order valence-corrected chi connectivity index (χ4v) is 2.41. The van der Waals surface area contributed by atoms with Gasteiger partial charge in [-0.05, 0) is 17.7 Å². The van der Waals surface area contributed by atoms with Gasteiger partial charge < -0.3 is 14.6 Å². The standard InChI is InChI=1S/C12H11NO3S/c14-9(6-12-13-3-4-17-12)8-1-2-10-11(5-8)16-7-15-10/h1-5,9,14H,6-7H2. The van der Waals surface area contributed by atoms with Crippen LogP contribution in [0.25, 0.3) is 0 Å². The van der Waals surface area contributed by atoms with Crippen LogP contribution in [-0.2, 0) is 6.42 Å². The number of aromatic nitrogens is 1. The second kappa shape index (κ2) is 4.35. The third-order valence-corrected chi connectivity index (χ3v) is 3.43. The summed E-state index contributed by atoms with van der Waals surface area (Å²) in [6.07, 6.45) is 1.71. The van der Waals surface area contributed by atoms with E-state index in [-0.39, 0.29) is 6.79 Å². The number of hydrogen-bond donors (Lipinski definition) is 1. The minimum absolute atomic E-state index is 0.251. The molecule has 0 spiro atoms. The summed E-state index contributed by atoms with van der Waals surface area (Å²) < 4.78 is 10.5. The second-order valence-electron chi connectivity index (χ2n) is 3.76. The maximum absolute atomic E-state index is 10.1. The average molecular weight is 249 g/mol. The maximum atomic E-state index is 10.1. The van der Waals surface area contributed by atoms with Gasteiger partial charge in [0.05, 0.1) is 11.1 Å². The zero-order valence-electron chi connectivity index (χ0n) is 9.00. The van der Waals surface area contributed by atoms with Gasteiger partial charge in [0, 0.05) is 18.0 Å². The minimum atomic E-state index is -0.560. The predicted molar refractivity (Wildman–Crippen MR) is 63.3 cm³/mol. The number of fused-ring (bicyclic) bond motifs is 1. The number of aliphatic hydroxyl groups excluding tert-OH is 1. The highest BCUT2D eigenvalue weighted by molar-refractivity contribution is 7.09. The van der Waals surface area contributed by atoms with Gasteiger partial charge in [-0.1, -0.05) is 6.07 Å². The summed E-state index contributed by atoms with van der Waals surface area (Å²) in [6.45, 7) is 0.251. The van der Waals surface area contributed by atoms with E-state index in [0.29, 0.717) is 12.2 Å². The smallest absolute Gasteiger partial charge is 0.231 e. The van der Waals surface area contributed by atoms with E-state index in [1.165, 1.54) is 0 Å². The molecule has 1 aromatic carbocycles. The first-order valence-electron chi connectivity index (χ1n) is 5.29. The van der Waals surface area contributed by atoms with E-state index in [1.807, 2.05) is 23.6 Å². The molecule has 1 atom stereocenters. The van der Waals surface area contributed by atoms with Crippen LogP contribution in [-0.4, -0.2) is 16.9 Å². The zero-order chi connectivity index (χ0) is 11.7. The molecule has 1 aliphatic rings. The number of nitrogens with zero attached hydrogens (tertiary/aromatic N) is 1. The second-order valence-corrected chi connectivity index (χ2v) is 4.74. The lowest BCUT2D eigenvalue weighted by molar-refractivity contribution is 0.171. The SMILES string of the molecule is OC(Cc1nccs1)c1ccc2c(c1)OCO2. The summed E-state index contributed by atoms with van der Waals surface area (Å²) in [5.74, 6) is 1.43. The van der Waals surface area contributed by atoms with E-state index in [2.05, 4.69) is 4.98 Å². The van der Waals surface area contributed by atoms with E-state index in [4.69, 9.17) is 9.47 Å². The van der Waals surface area contributed by atoms with Crippen molar-refractivity contribution in [2.24, 2.45) is 0 Å². The molecule has 1 aliphatic heterocycles. The van der Waals surface area contributed by atoms with Crippen molar-refractivity contribution < 1.29 is 14.6 Å². The van der Waals surface area contributed by atoms with Crippen molar-refractivity contribution in [2.45, 2.75) is 12.5 Å². The molecule has 0 aliphatic carbocycles. The van der Waals surface area contributed by atoms with Crippen molar-refractivity contribution >= 4 is 11.3 Å². The Morgan fingerprint density at radius 1 is 1.35 bits per heavy atom.